The maximum absolute atomic E-state index is 10.7. The molecule has 1 heterocycles. The van der Waals surface area contributed by atoms with E-state index in [-0.39, 0.29) is 5.92 Å². The van der Waals surface area contributed by atoms with Gasteiger partial charge in [-0.3, -0.25) is 0 Å². The number of fused-ring (bicyclic) bond motifs is 1. The lowest BCUT2D eigenvalue weighted by Crippen LogP contribution is -2.13. The van der Waals surface area contributed by atoms with E-state index in [1.165, 1.54) is 5.39 Å². The molecule has 17 heavy (non-hydrogen) atoms. The van der Waals surface area contributed by atoms with Crippen molar-refractivity contribution >= 4 is 17.3 Å². The first kappa shape index (κ1) is 10.6. The van der Waals surface area contributed by atoms with Gasteiger partial charge in [-0.25, -0.2) is 0 Å². The van der Waals surface area contributed by atoms with Crippen molar-refractivity contribution in [2.45, 2.75) is 31.6 Å². The van der Waals surface area contributed by atoms with Gasteiger partial charge in [0.05, 0.1) is 0 Å². The van der Waals surface area contributed by atoms with Crippen molar-refractivity contribution in [2.24, 2.45) is 5.92 Å². The first-order chi connectivity index (χ1) is 8.36. The number of carbonyl (C=O) groups excluding carboxylic acids is 1. The van der Waals surface area contributed by atoms with Crippen LogP contribution in [0.1, 0.15) is 37.4 Å². The Morgan fingerprint density at radius 1 is 1.12 bits per heavy atom. The van der Waals surface area contributed by atoms with Crippen LogP contribution in [0.3, 0.4) is 0 Å². The lowest BCUT2D eigenvalue weighted by molar-refractivity contribution is -0.112. The summed E-state index contributed by atoms with van der Waals surface area (Å²) < 4.78 is 5.89. The Kier molecular flexibility index (Phi) is 2.71. The molecule has 1 aromatic carbocycles. The van der Waals surface area contributed by atoms with Gasteiger partial charge in [0, 0.05) is 17.2 Å². The maximum atomic E-state index is 10.7. The summed E-state index contributed by atoms with van der Waals surface area (Å²) in [5.74, 6) is 1.87. The van der Waals surface area contributed by atoms with Gasteiger partial charge >= 0.3 is 0 Å². The van der Waals surface area contributed by atoms with Crippen LogP contribution in [0.2, 0.25) is 0 Å². The molecule has 0 bridgehead atoms. The van der Waals surface area contributed by atoms with E-state index in [0.29, 0.717) is 5.92 Å². The van der Waals surface area contributed by atoms with E-state index in [0.717, 1.165) is 43.3 Å². The molecule has 1 fully saturated rings. The van der Waals surface area contributed by atoms with Crippen LogP contribution < -0.4 is 0 Å². The summed E-state index contributed by atoms with van der Waals surface area (Å²) in [6, 6.07) is 10.3. The van der Waals surface area contributed by atoms with Gasteiger partial charge in [0.2, 0.25) is 0 Å². The molecule has 3 rings (SSSR count). The topological polar surface area (TPSA) is 30.2 Å². The zero-order valence-corrected chi connectivity index (χ0v) is 9.76. The number of hydrogen-bond donors (Lipinski definition) is 0. The van der Waals surface area contributed by atoms with Gasteiger partial charge < -0.3 is 9.21 Å². The second-order valence-corrected chi connectivity index (χ2v) is 4.93. The largest absolute Gasteiger partial charge is 0.461 e. The second kappa shape index (κ2) is 4.36. The van der Waals surface area contributed by atoms with E-state index in [4.69, 9.17) is 4.42 Å². The molecule has 1 saturated carbocycles. The Labute approximate surface area is 101 Å². The fraction of sp³-hybridized carbons (Fsp3) is 0.400. The molecule has 0 aliphatic heterocycles. The third-order valence-corrected chi connectivity index (χ3v) is 3.81. The van der Waals surface area contributed by atoms with Gasteiger partial charge in [0.25, 0.3) is 0 Å². The van der Waals surface area contributed by atoms with Crippen LogP contribution in [-0.4, -0.2) is 6.29 Å². The van der Waals surface area contributed by atoms with Crippen molar-refractivity contribution in [1.82, 2.24) is 0 Å². The monoisotopic (exact) mass is 228 g/mol. The number of hydrogen-bond acceptors (Lipinski definition) is 2. The van der Waals surface area contributed by atoms with Crippen LogP contribution in [0.4, 0.5) is 0 Å². The lowest BCUT2D eigenvalue weighted by Gasteiger charge is -2.23. The SMILES string of the molecule is O=CC1CCC(c2cc3ccccc3o2)CC1. The average molecular weight is 228 g/mol. The molecule has 0 amide bonds. The van der Waals surface area contributed by atoms with E-state index in [2.05, 4.69) is 12.1 Å². The minimum absolute atomic E-state index is 0.274. The number of furan rings is 1. The molecule has 2 aromatic rings. The van der Waals surface area contributed by atoms with E-state index < -0.39 is 0 Å². The fourth-order valence-corrected chi connectivity index (χ4v) is 2.74. The highest BCUT2D eigenvalue weighted by Gasteiger charge is 2.24. The Morgan fingerprint density at radius 3 is 2.59 bits per heavy atom. The smallest absolute Gasteiger partial charge is 0.134 e. The standard InChI is InChI=1S/C15H16O2/c16-10-11-5-7-12(8-6-11)15-9-13-3-1-2-4-14(13)17-15/h1-4,9-12H,5-8H2. The molecule has 2 heteroatoms. The highest BCUT2D eigenvalue weighted by Crippen LogP contribution is 2.37. The van der Waals surface area contributed by atoms with Crippen molar-refractivity contribution in [2.75, 3.05) is 0 Å². The van der Waals surface area contributed by atoms with Crippen molar-refractivity contribution in [3.8, 4) is 0 Å². The van der Waals surface area contributed by atoms with Crippen LogP contribution in [0.5, 0.6) is 0 Å². The fourth-order valence-electron chi connectivity index (χ4n) is 2.74. The van der Waals surface area contributed by atoms with Crippen LogP contribution in [-0.2, 0) is 4.79 Å². The highest BCUT2D eigenvalue weighted by atomic mass is 16.3. The normalized spacial score (nSPS) is 24.9. The van der Waals surface area contributed by atoms with Crippen LogP contribution in [0.15, 0.2) is 34.7 Å². The van der Waals surface area contributed by atoms with Gasteiger partial charge in [-0.2, -0.15) is 0 Å². The van der Waals surface area contributed by atoms with Crippen LogP contribution in [0, 0.1) is 5.92 Å². The predicted molar refractivity (Wildman–Crippen MR) is 67.0 cm³/mol. The Morgan fingerprint density at radius 2 is 1.88 bits per heavy atom. The summed E-state index contributed by atoms with van der Waals surface area (Å²) in [4.78, 5) is 10.7. The summed E-state index contributed by atoms with van der Waals surface area (Å²) in [6.07, 6.45) is 5.26. The molecule has 0 N–H and O–H groups in total. The van der Waals surface area contributed by atoms with Crippen molar-refractivity contribution in [1.29, 1.82) is 0 Å². The number of aldehydes is 1. The lowest BCUT2D eigenvalue weighted by atomic mass is 9.81. The third kappa shape index (κ3) is 1.99. The van der Waals surface area contributed by atoms with Gasteiger partial charge in [-0.15, -0.1) is 0 Å². The summed E-state index contributed by atoms with van der Waals surface area (Å²) >= 11 is 0. The first-order valence-electron chi connectivity index (χ1n) is 6.30. The van der Waals surface area contributed by atoms with Gasteiger partial charge in [-0.05, 0) is 37.8 Å². The Balaban J connectivity index is 1.82. The number of carbonyl (C=O) groups is 1. The van der Waals surface area contributed by atoms with Crippen molar-refractivity contribution in [3.63, 3.8) is 0 Å². The predicted octanol–water partition coefficient (Wildman–Crippen LogP) is 3.91. The summed E-state index contributed by atoms with van der Waals surface area (Å²) in [5, 5.41) is 1.18. The summed E-state index contributed by atoms with van der Waals surface area (Å²) in [5.41, 5.74) is 0.972. The molecule has 0 unspecified atom stereocenters. The molecular formula is C15H16O2. The molecule has 88 valence electrons. The minimum Gasteiger partial charge on any atom is -0.461 e. The summed E-state index contributed by atoms with van der Waals surface area (Å²) in [6.45, 7) is 0. The molecule has 2 nitrogen and oxygen atoms in total. The van der Waals surface area contributed by atoms with Crippen molar-refractivity contribution < 1.29 is 9.21 Å². The molecule has 0 saturated heterocycles. The number of para-hydroxylation sites is 1. The molecular weight excluding hydrogens is 212 g/mol. The Bertz CT molecular complexity index is 485. The highest BCUT2D eigenvalue weighted by molar-refractivity contribution is 5.77. The quantitative estimate of drug-likeness (QED) is 0.729. The molecule has 0 spiro atoms. The molecule has 0 radical (unpaired) electrons. The Hall–Kier alpha value is -1.57. The van der Waals surface area contributed by atoms with Gasteiger partial charge in [0.1, 0.15) is 17.6 Å². The number of rotatable bonds is 2. The average Bonchev–Trinajstić information content (AvgIpc) is 2.82. The van der Waals surface area contributed by atoms with Crippen LogP contribution >= 0.6 is 0 Å². The van der Waals surface area contributed by atoms with E-state index >= 15 is 0 Å². The minimum atomic E-state index is 0.274. The third-order valence-electron chi connectivity index (χ3n) is 3.81. The van der Waals surface area contributed by atoms with E-state index in [1.807, 2.05) is 18.2 Å². The molecule has 0 atom stereocenters. The molecule has 1 aliphatic rings. The zero-order valence-electron chi connectivity index (χ0n) is 9.76. The van der Waals surface area contributed by atoms with Gasteiger partial charge in [-0.1, -0.05) is 18.2 Å². The van der Waals surface area contributed by atoms with Gasteiger partial charge in [0.15, 0.2) is 0 Å². The van der Waals surface area contributed by atoms with E-state index in [1.54, 1.807) is 0 Å². The molecule has 1 aliphatic carbocycles. The number of benzene rings is 1. The van der Waals surface area contributed by atoms with Crippen molar-refractivity contribution in [3.05, 3.63) is 36.1 Å². The molecule has 1 aromatic heterocycles. The first-order valence-corrected chi connectivity index (χ1v) is 6.30. The maximum Gasteiger partial charge on any atom is 0.134 e. The zero-order chi connectivity index (χ0) is 11.7. The summed E-state index contributed by atoms with van der Waals surface area (Å²) in [7, 11) is 0. The second-order valence-electron chi connectivity index (χ2n) is 4.93. The van der Waals surface area contributed by atoms with Crippen LogP contribution in [0.25, 0.3) is 11.0 Å². The van der Waals surface area contributed by atoms with E-state index in [9.17, 15) is 4.79 Å².